The molecule has 0 bridgehead atoms. The van der Waals surface area contributed by atoms with Gasteiger partial charge in [0.15, 0.2) is 0 Å². The average Bonchev–Trinajstić information content (AvgIpc) is 2.91. The molecule has 24 heavy (non-hydrogen) atoms. The Hall–Kier alpha value is -3.21. The van der Waals surface area contributed by atoms with Crippen molar-refractivity contribution in [1.29, 1.82) is 0 Å². The third-order valence-electron chi connectivity index (χ3n) is 3.79. The van der Waals surface area contributed by atoms with Gasteiger partial charge in [-0.25, -0.2) is 0 Å². The van der Waals surface area contributed by atoms with Crippen molar-refractivity contribution in [2.45, 2.75) is 6.42 Å². The maximum absolute atomic E-state index is 11.8. The molecule has 0 spiro atoms. The number of phenols is 1. The van der Waals surface area contributed by atoms with Crippen LogP contribution in [0.15, 0.2) is 60.8 Å². The van der Waals surface area contributed by atoms with Crippen LogP contribution in [-0.2, 0) is 11.2 Å². The highest BCUT2D eigenvalue weighted by Crippen LogP contribution is 2.20. The molecule has 5 heteroatoms. The van der Waals surface area contributed by atoms with Gasteiger partial charge in [-0.2, -0.15) is 4.73 Å². The van der Waals surface area contributed by atoms with Gasteiger partial charge in [-0.15, -0.1) is 0 Å². The molecule has 0 aliphatic rings. The minimum atomic E-state index is -0.184. The number of carbonyl (C=O) groups excluding carboxylic acids is 1. The van der Waals surface area contributed by atoms with Crippen molar-refractivity contribution < 1.29 is 15.1 Å². The number of hydrogen-bond donors (Lipinski definition) is 3. The molecule has 3 aromatic rings. The standard InChI is InChI=1S/C19H18N2O3/c22-16-8-5-14(6-9-16)7-10-19(23)20-12-11-15-13-21(24)18-4-2-1-3-17(15)18/h1-10,13,22,24H,11-12H2,(H,20,23)/b10-7+. The lowest BCUT2D eigenvalue weighted by molar-refractivity contribution is -0.116. The van der Waals surface area contributed by atoms with E-state index in [4.69, 9.17) is 0 Å². The van der Waals surface area contributed by atoms with Gasteiger partial charge in [0.2, 0.25) is 5.91 Å². The Balaban J connectivity index is 1.55. The van der Waals surface area contributed by atoms with E-state index < -0.39 is 0 Å². The molecule has 0 saturated heterocycles. The van der Waals surface area contributed by atoms with Crippen molar-refractivity contribution in [2.24, 2.45) is 0 Å². The van der Waals surface area contributed by atoms with Gasteiger partial charge in [-0.3, -0.25) is 4.79 Å². The maximum Gasteiger partial charge on any atom is 0.244 e. The Morgan fingerprint density at radius 1 is 1.12 bits per heavy atom. The number of phenolic OH excluding ortho intramolecular Hbond substituents is 1. The number of fused-ring (bicyclic) bond motifs is 1. The molecule has 0 fully saturated rings. The van der Waals surface area contributed by atoms with Gasteiger partial charge in [0.25, 0.3) is 0 Å². The van der Waals surface area contributed by atoms with E-state index in [0.717, 1.165) is 26.8 Å². The number of aromatic hydroxyl groups is 1. The van der Waals surface area contributed by atoms with Crippen LogP contribution in [0, 0.1) is 0 Å². The summed E-state index contributed by atoms with van der Waals surface area (Å²) in [6.07, 6.45) is 5.45. The maximum atomic E-state index is 11.8. The van der Waals surface area contributed by atoms with Crippen molar-refractivity contribution in [3.05, 3.63) is 71.9 Å². The topological polar surface area (TPSA) is 74.5 Å². The van der Waals surface area contributed by atoms with Crippen LogP contribution >= 0.6 is 0 Å². The zero-order valence-electron chi connectivity index (χ0n) is 13.0. The van der Waals surface area contributed by atoms with Crippen molar-refractivity contribution in [3.63, 3.8) is 0 Å². The highest BCUT2D eigenvalue weighted by molar-refractivity contribution is 5.91. The molecule has 0 unspecified atom stereocenters. The molecule has 1 aromatic heterocycles. The first-order valence-corrected chi connectivity index (χ1v) is 7.66. The lowest BCUT2D eigenvalue weighted by Crippen LogP contribution is -2.23. The highest BCUT2D eigenvalue weighted by atomic mass is 16.5. The fourth-order valence-corrected chi connectivity index (χ4v) is 2.57. The van der Waals surface area contributed by atoms with E-state index in [2.05, 4.69) is 5.32 Å². The van der Waals surface area contributed by atoms with Gasteiger partial charge >= 0.3 is 0 Å². The molecule has 5 nitrogen and oxygen atoms in total. The molecule has 0 aliphatic carbocycles. The van der Waals surface area contributed by atoms with E-state index >= 15 is 0 Å². The van der Waals surface area contributed by atoms with E-state index in [1.807, 2.05) is 24.3 Å². The number of amides is 1. The first-order chi connectivity index (χ1) is 11.6. The number of nitrogens with zero attached hydrogens (tertiary/aromatic N) is 1. The minimum absolute atomic E-state index is 0.184. The normalized spacial score (nSPS) is 11.2. The smallest absolute Gasteiger partial charge is 0.244 e. The minimum Gasteiger partial charge on any atom is -0.508 e. The summed E-state index contributed by atoms with van der Waals surface area (Å²) in [5, 5.41) is 22.8. The van der Waals surface area contributed by atoms with Crippen LogP contribution in [0.1, 0.15) is 11.1 Å². The predicted octanol–water partition coefficient (Wildman–Crippen LogP) is 2.96. The Morgan fingerprint density at radius 2 is 1.88 bits per heavy atom. The molecular weight excluding hydrogens is 304 g/mol. The average molecular weight is 322 g/mol. The second-order valence-electron chi connectivity index (χ2n) is 5.48. The van der Waals surface area contributed by atoms with Gasteiger partial charge in [0, 0.05) is 24.2 Å². The Labute approximate surface area is 139 Å². The Morgan fingerprint density at radius 3 is 2.67 bits per heavy atom. The number of aromatic nitrogens is 1. The lowest BCUT2D eigenvalue weighted by atomic mass is 10.1. The van der Waals surface area contributed by atoms with Crippen LogP contribution in [0.4, 0.5) is 0 Å². The molecule has 1 amide bonds. The summed E-state index contributed by atoms with van der Waals surface area (Å²) in [4.78, 5) is 11.8. The van der Waals surface area contributed by atoms with Gasteiger partial charge in [0.1, 0.15) is 5.75 Å². The van der Waals surface area contributed by atoms with E-state index in [0.29, 0.717) is 13.0 Å². The van der Waals surface area contributed by atoms with Crippen LogP contribution in [-0.4, -0.2) is 27.5 Å². The van der Waals surface area contributed by atoms with Gasteiger partial charge < -0.3 is 15.6 Å². The van der Waals surface area contributed by atoms with Gasteiger partial charge in [0.05, 0.1) is 5.52 Å². The van der Waals surface area contributed by atoms with Crippen LogP contribution in [0.2, 0.25) is 0 Å². The van der Waals surface area contributed by atoms with Crippen LogP contribution in [0.25, 0.3) is 17.0 Å². The van der Waals surface area contributed by atoms with Gasteiger partial charge in [-0.1, -0.05) is 30.3 Å². The lowest BCUT2D eigenvalue weighted by Gasteiger charge is -2.01. The SMILES string of the molecule is O=C(/C=C/c1ccc(O)cc1)NCCc1cn(O)c2ccccc12. The molecule has 1 heterocycles. The zero-order valence-corrected chi connectivity index (χ0v) is 13.0. The molecule has 0 radical (unpaired) electrons. The van der Waals surface area contributed by atoms with E-state index in [1.54, 1.807) is 36.5 Å². The molecule has 2 aromatic carbocycles. The third-order valence-corrected chi connectivity index (χ3v) is 3.79. The molecule has 3 N–H and O–H groups in total. The quantitative estimate of drug-likeness (QED) is 0.499. The van der Waals surface area contributed by atoms with Crippen molar-refractivity contribution >= 4 is 22.9 Å². The van der Waals surface area contributed by atoms with Crippen molar-refractivity contribution in [1.82, 2.24) is 10.0 Å². The number of carbonyl (C=O) groups is 1. The summed E-state index contributed by atoms with van der Waals surface area (Å²) in [7, 11) is 0. The second-order valence-corrected chi connectivity index (χ2v) is 5.48. The van der Waals surface area contributed by atoms with Gasteiger partial charge in [-0.05, 0) is 41.8 Å². The first-order valence-electron chi connectivity index (χ1n) is 7.66. The van der Waals surface area contributed by atoms with E-state index in [9.17, 15) is 15.1 Å². The molecule has 0 aliphatic heterocycles. The first kappa shape index (κ1) is 15.7. The molecule has 0 saturated carbocycles. The molecule has 122 valence electrons. The number of hydrogen-bond acceptors (Lipinski definition) is 3. The van der Waals surface area contributed by atoms with Crippen molar-refractivity contribution in [3.8, 4) is 5.75 Å². The summed E-state index contributed by atoms with van der Waals surface area (Å²) in [6, 6.07) is 14.2. The van der Waals surface area contributed by atoms with E-state index in [-0.39, 0.29) is 11.7 Å². The molecule has 0 atom stereocenters. The van der Waals surface area contributed by atoms with Crippen LogP contribution < -0.4 is 5.32 Å². The summed E-state index contributed by atoms with van der Waals surface area (Å²) >= 11 is 0. The Bertz CT molecular complexity index is 879. The second kappa shape index (κ2) is 6.91. The highest BCUT2D eigenvalue weighted by Gasteiger charge is 2.07. The third kappa shape index (κ3) is 3.57. The van der Waals surface area contributed by atoms with E-state index in [1.165, 1.54) is 6.08 Å². The Kier molecular flexibility index (Phi) is 4.52. The number of para-hydroxylation sites is 1. The number of rotatable bonds is 5. The molecule has 3 rings (SSSR count). The summed E-state index contributed by atoms with van der Waals surface area (Å²) in [6.45, 7) is 0.479. The monoisotopic (exact) mass is 322 g/mol. The zero-order chi connectivity index (χ0) is 16.9. The molecular formula is C19H18N2O3. The summed E-state index contributed by atoms with van der Waals surface area (Å²) < 4.78 is 1.11. The van der Waals surface area contributed by atoms with Crippen molar-refractivity contribution in [2.75, 3.05) is 6.54 Å². The van der Waals surface area contributed by atoms with Crippen LogP contribution in [0.5, 0.6) is 5.75 Å². The summed E-state index contributed by atoms with van der Waals surface area (Å²) in [5.74, 6) is 0.00969. The number of nitrogens with one attached hydrogen (secondary N) is 1. The largest absolute Gasteiger partial charge is 0.508 e. The van der Waals surface area contributed by atoms with Crippen LogP contribution in [0.3, 0.4) is 0 Å². The fourth-order valence-electron chi connectivity index (χ4n) is 2.57. The summed E-state index contributed by atoms with van der Waals surface area (Å²) in [5.41, 5.74) is 2.58. The fraction of sp³-hybridized carbons (Fsp3) is 0.105. The number of benzene rings is 2. The predicted molar refractivity (Wildman–Crippen MR) is 93.0 cm³/mol.